The van der Waals surface area contributed by atoms with E-state index < -0.39 is 0 Å². The smallest absolute Gasteiger partial charge is 0.252 e. The van der Waals surface area contributed by atoms with Crippen LogP contribution in [0, 0.1) is 0 Å². The second-order valence-electron chi connectivity index (χ2n) is 7.38. The lowest BCUT2D eigenvalue weighted by Crippen LogP contribution is -2.45. The summed E-state index contributed by atoms with van der Waals surface area (Å²) in [6.07, 6.45) is 4.64. The van der Waals surface area contributed by atoms with Crippen molar-refractivity contribution in [2.75, 3.05) is 18.0 Å². The number of rotatable bonds is 4. The summed E-state index contributed by atoms with van der Waals surface area (Å²) in [5.41, 5.74) is 0.103. The first kappa shape index (κ1) is 14.6. The molecule has 1 saturated carbocycles. The van der Waals surface area contributed by atoms with E-state index in [1.165, 1.54) is 6.42 Å². The van der Waals surface area contributed by atoms with Gasteiger partial charge in [0.05, 0.1) is 0 Å². The molecule has 1 unspecified atom stereocenters. The molecule has 2 N–H and O–H groups in total. The van der Waals surface area contributed by atoms with Crippen LogP contribution < -0.4 is 15.8 Å². The summed E-state index contributed by atoms with van der Waals surface area (Å²) in [7, 11) is 0. The van der Waals surface area contributed by atoms with Crippen LogP contribution in [0.5, 0.6) is 0 Å². The number of hydrogen-bond donors (Lipinski definition) is 2. The molecule has 3 rings (SSSR count). The molecule has 1 saturated heterocycles. The van der Waals surface area contributed by atoms with Crippen LogP contribution >= 0.6 is 0 Å². The molecule has 1 aliphatic carbocycles. The van der Waals surface area contributed by atoms with Crippen LogP contribution in [-0.4, -0.2) is 34.6 Å². The second-order valence-corrected chi connectivity index (χ2v) is 7.38. The van der Waals surface area contributed by atoms with E-state index >= 15 is 0 Å². The van der Waals surface area contributed by atoms with Gasteiger partial charge in [-0.25, -0.2) is 4.98 Å². The fourth-order valence-corrected chi connectivity index (χ4v) is 2.93. The fraction of sp³-hybridized carbons (Fsp3) is 0.750. The summed E-state index contributed by atoms with van der Waals surface area (Å²) in [6, 6.07) is 2.09. The first-order valence-corrected chi connectivity index (χ1v) is 8.05. The van der Waals surface area contributed by atoms with Gasteiger partial charge in [0.15, 0.2) is 0 Å². The third-order valence-electron chi connectivity index (χ3n) is 4.25. The molecular weight excluding hydrogens is 264 g/mol. The summed E-state index contributed by atoms with van der Waals surface area (Å²) in [5, 5.41) is 3.57. The molecule has 2 fully saturated rings. The number of aromatic amines is 1. The average molecular weight is 290 g/mol. The van der Waals surface area contributed by atoms with E-state index in [0.29, 0.717) is 12.0 Å². The third-order valence-corrected chi connectivity index (χ3v) is 4.25. The maximum atomic E-state index is 11.9. The summed E-state index contributed by atoms with van der Waals surface area (Å²) in [4.78, 5) is 21.8. The molecule has 1 aromatic rings. The largest absolute Gasteiger partial charge is 0.352 e. The van der Waals surface area contributed by atoms with Crippen LogP contribution in [0.1, 0.15) is 58.2 Å². The van der Waals surface area contributed by atoms with Gasteiger partial charge in [-0.1, -0.05) is 0 Å². The molecule has 2 heterocycles. The zero-order chi connectivity index (χ0) is 15.0. The highest BCUT2D eigenvalue weighted by molar-refractivity contribution is 5.41. The van der Waals surface area contributed by atoms with Gasteiger partial charge in [0.2, 0.25) is 0 Å². The Hall–Kier alpha value is -1.36. The minimum atomic E-state index is -0.0173. The minimum absolute atomic E-state index is 0.0173. The molecule has 1 aromatic heterocycles. The highest BCUT2D eigenvalue weighted by atomic mass is 16.1. The van der Waals surface area contributed by atoms with Crippen molar-refractivity contribution in [1.29, 1.82) is 0 Å². The molecule has 0 aromatic carbocycles. The SMILES string of the molecule is CC(C)(C)NCC1CCCN1c1cc(=O)[nH]c(C2CC2)n1. The van der Waals surface area contributed by atoms with Gasteiger partial charge >= 0.3 is 0 Å². The summed E-state index contributed by atoms with van der Waals surface area (Å²) >= 11 is 0. The molecule has 21 heavy (non-hydrogen) atoms. The number of anilines is 1. The van der Waals surface area contributed by atoms with Crippen LogP contribution in [0.4, 0.5) is 5.82 Å². The summed E-state index contributed by atoms with van der Waals surface area (Å²) in [6.45, 7) is 8.49. The first-order valence-electron chi connectivity index (χ1n) is 8.05. The number of hydrogen-bond acceptors (Lipinski definition) is 4. The minimum Gasteiger partial charge on any atom is -0.352 e. The lowest BCUT2D eigenvalue weighted by atomic mass is 10.1. The van der Waals surface area contributed by atoms with Crippen LogP contribution in [0.25, 0.3) is 0 Å². The van der Waals surface area contributed by atoms with Crippen molar-refractivity contribution >= 4 is 5.82 Å². The van der Waals surface area contributed by atoms with Crippen LogP contribution in [0.2, 0.25) is 0 Å². The molecule has 1 aliphatic heterocycles. The number of nitrogens with one attached hydrogen (secondary N) is 2. The zero-order valence-electron chi connectivity index (χ0n) is 13.3. The predicted octanol–water partition coefficient (Wildman–Crippen LogP) is 2.00. The lowest BCUT2D eigenvalue weighted by molar-refractivity contribution is 0.404. The Bertz CT molecular complexity index is 556. The summed E-state index contributed by atoms with van der Waals surface area (Å²) in [5.74, 6) is 2.22. The molecule has 0 bridgehead atoms. The van der Waals surface area contributed by atoms with Gasteiger partial charge in [0.25, 0.3) is 5.56 Å². The lowest BCUT2D eigenvalue weighted by Gasteiger charge is -2.29. The Morgan fingerprint density at radius 1 is 1.38 bits per heavy atom. The maximum absolute atomic E-state index is 11.9. The summed E-state index contributed by atoms with van der Waals surface area (Å²) < 4.78 is 0. The highest BCUT2D eigenvalue weighted by Crippen LogP contribution is 2.38. The number of H-pyrrole nitrogens is 1. The molecule has 5 nitrogen and oxygen atoms in total. The standard InChI is InChI=1S/C16H26N4O/c1-16(2,3)17-10-12-5-4-8-20(12)13-9-14(21)19-15(18-13)11-6-7-11/h9,11-12,17H,4-8,10H2,1-3H3,(H,18,19,21). The second kappa shape index (κ2) is 5.44. The molecule has 0 spiro atoms. The van der Waals surface area contributed by atoms with E-state index in [0.717, 1.165) is 44.0 Å². The van der Waals surface area contributed by atoms with Crippen molar-refractivity contribution in [3.8, 4) is 0 Å². The van der Waals surface area contributed by atoms with E-state index in [1.807, 2.05) is 0 Å². The van der Waals surface area contributed by atoms with Crippen molar-refractivity contribution < 1.29 is 0 Å². The van der Waals surface area contributed by atoms with Crippen molar-refractivity contribution in [3.05, 3.63) is 22.2 Å². The molecule has 2 aliphatic rings. The van der Waals surface area contributed by atoms with Gasteiger partial charge < -0.3 is 15.2 Å². The molecule has 0 amide bonds. The van der Waals surface area contributed by atoms with Crippen LogP contribution in [-0.2, 0) is 0 Å². The van der Waals surface area contributed by atoms with Crippen molar-refractivity contribution in [3.63, 3.8) is 0 Å². The number of nitrogens with zero attached hydrogens (tertiary/aromatic N) is 2. The zero-order valence-corrected chi connectivity index (χ0v) is 13.3. The maximum Gasteiger partial charge on any atom is 0.252 e. The van der Waals surface area contributed by atoms with E-state index in [9.17, 15) is 4.79 Å². The Labute approximate surface area is 126 Å². The predicted molar refractivity (Wildman–Crippen MR) is 85.0 cm³/mol. The van der Waals surface area contributed by atoms with E-state index in [2.05, 4.69) is 36.0 Å². The van der Waals surface area contributed by atoms with Crippen molar-refractivity contribution in [2.24, 2.45) is 0 Å². The molecule has 116 valence electrons. The van der Waals surface area contributed by atoms with Crippen molar-refractivity contribution in [1.82, 2.24) is 15.3 Å². The molecule has 1 atom stereocenters. The molecule has 5 heteroatoms. The topological polar surface area (TPSA) is 61.0 Å². The third kappa shape index (κ3) is 3.64. The van der Waals surface area contributed by atoms with Crippen molar-refractivity contribution in [2.45, 2.75) is 64.0 Å². The Kier molecular flexibility index (Phi) is 3.78. The Balaban J connectivity index is 1.76. The van der Waals surface area contributed by atoms with Gasteiger partial charge in [-0.05, 0) is 46.5 Å². The Morgan fingerprint density at radius 2 is 2.14 bits per heavy atom. The van der Waals surface area contributed by atoms with Crippen LogP contribution in [0.15, 0.2) is 10.9 Å². The first-order chi connectivity index (χ1) is 9.92. The quantitative estimate of drug-likeness (QED) is 0.890. The number of aromatic nitrogens is 2. The van der Waals surface area contributed by atoms with Gasteiger partial charge in [0.1, 0.15) is 11.6 Å². The van der Waals surface area contributed by atoms with E-state index in [1.54, 1.807) is 6.07 Å². The highest BCUT2D eigenvalue weighted by Gasteiger charge is 2.30. The normalized spacial score (nSPS) is 22.8. The van der Waals surface area contributed by atoms with Gasteiger partial charge in [-0.2, -0.15) is 0 Å². The fourth-order valence-electron chi connectivity index (χ4n) is 2.93. The molecular formula is C16H26N4O. The average Bonchev–Trinajstić information content (AvgIpc) is 3.13. The van der Waals surface area contributed by atoms with Gasteiger partial charge in [-0.15, -0.1) is 0 Å². The molecule has 0 radical (unpaired) electrons. The van der Waals surface area contributed by atoms with Gasteiger partial charge in [-0.3, -0.25) is 4.79 Å². The Morgan fingerprint density at radius 3 is 2.81 bits per heavy atom. The van der Waals surface area contributed by atoms with Gasteiger partial charge in [0, 0.05) is 36.7 Å². The van der Waals surface area contributed by atoms with Crippen LogP contribution in [0.3, 0.4) is 0 Å². The van der Waals surface area contributed by atoms with E-state index in [4.69, 9.17) is 4.98 Å². The monoisotopic (exact) mass is 290 g/mol. The van der Waals surface area contributed by atoms with E-state index in [-0.39, 0.29) is 11.1 Å².